The van der Waals surface area contributed by atoms with E-state index in [0.717, 1.165) is 0 Å². The number of amides is 4. The molecule has 0 bridgehead atoms. The molecule has 2 aromatic heterocycles. The van der Waals surface area contributed by atoms with E-state index in [-0.39, 0.29) is 34.4 Å². The van der Waals surface area contributed by atoms with E-state index < -0.39 is 29.8 Å². The number of nitrogens with two attached hydrogens (primary N) is 3. The van der Waals surface area contributed by atoms with Crippen LogP contribution < -0.4 is 22.5 Å². The Kier molecular flexibility index (Phi) is 16.1. The minimum Gasteiger partial charge on any atom is -0.383 e. The molecule has 2 aromatic carbocycles. The van der Waals surface area contributed by atoms with E-state index in [1.54, 1.807) is 44.4 Å². The van der Waals surface area contributed by atoms with E-state index in [0.29, 0.717) is 72.5 Å². The number of nitrogens with zero attached hydrogens (tertiary/aromatic N) is 6. The van der Waals surface area contributed by atoms with Crippen LogP contribution in [0.5, 0.6) is 0 Å². The molecule has 5 rings (SSSR count). The molecule has 1 fully saturated rings. The van der Waals surface area contributed by atoms with Crippen LogP contribution in [0.4, 0.5) is 15.9 Å². The quantitative estimate of drug-likeness (QED) is 0.0989. The molecule has 4 aromatic rings. The summed E-state index contributed by atoms with van der Waals surface area (Å²) in [5.74, 6) is 5.63. The van der Waals surface area contributed by atoms with Crippen LogP contribution in [-0.4, -0.2) is 105 Å². The van der Waals surface area contributed by atoms with Crippen LogP contribution in [0.1, 0.15) is 57.4 Å². The number of nitrogen functional groups attached to an aromatic ring is 1. The van der Waals surface area contributed by atoms with Crippen LogP contribution in [0.25, 0.3) is 22.5 Å². The van der Waals surface area contributed by atoms with Crippen molar-refractivity contribution in [3.05, 3.63) is 88.6 Å². The number of aliphatic hydroxyl groups excluding tert-OH is 2. The third-order valence-corrected chi connectivity index (χ3v) is 8.08. The monoisotopic (exact) mass is 776 g/mol. The lowest BCUT2D eigenvalue weighted by Crippen LogP contribution is -2.24. The lowest BCUT2D eigenvalue weighted by atomic mass is 10.0. The van der Waals surface area contributed by atoms with Crippen LogP contribution in [0.3, 0.4) is 0 Å². The van der Waals surface area contributed by atoms with Gasteiger partial charge in [0.05, 0.1) is 28.8 Å². The van der Waals surface area contributed by atoms with Gasteiger partial charge in [0.2, 0.25) is 6.41 Å². The Morgan fingerprint density at radius 2 is 1.82 bits per heavy atom. The van der Waals surface area contributed by atoms with Gasteiger partial charge in [0.15, 0.2) is 17.2 Å². The average molecular weight is 777 g/mol. The summed E-state index contributed by atoms with van der Waals surface area (Å²) in [7, 11) is 3.30. The SMILES string of the molecule is C#Cc1ccc(F)c(-c2cnc(N)c(C(N)=O)n2)c1.CCNc1ccc(-c2ccc(C#N)c(C#C[C@H](O)CCN(C)C=O)c2)nc1C(N)=O.CN1CC[C@H](O)C1=O. The van der Waals surface area contributed by atoms with Crippen molar-refractivity contribution < 1.29 is 33.8 Å². The summed E-state index contributed by atoms with van der Waals surface area (Å²) in [6.45, 7) is 3.57. The van der Waals surface area contributed by atoms with E-state index in [2.05, 4.69) is 44.1 Å². The number of nitrogens with one attached hydrogen (secondary N) is 1. The van der Waals surface area contributed by atoms with E-state index in [9.17, 15) is 33.9 Å². The lowest BCUT2D eigenvalue weighted by molar-refractivity contribution is -0.133. The van der Waals surface area contributed by atoms with Gasteiger partial charge in [-0.1, -0.05) is 23.8 Å². The first-order valence-electron chi connectivity index (χ1n) is 17.2. The maximum Gasteiger partial charge on any atom is 0.271 e. The fourth-order valence-electron chi connectivity index (χ4n) is 4.98. The highest BCUT2D eigenvalue weighted by Crippen LogP contribution is 2.25. The molecule has 294 valence electrons. The highest BCUT2D eigenvalue weighted by atomic mass is 19.1. The number of aromatic nitrogens is 3. The number of nitriles is 1. The first-order chi connectivity index (χ1) is 27.1. The second-order valence-electron chi connectivity index (χ2n) is 12.3. The average Bonchev–Trinajstić information content (AvgIpc) is 3.50. The number of pyridine rings is 1. The maximum absolute atomic E-state index is 13.7. The zero-order chi connectivity index (χ0) is 42.2. The number of halogens is 1. The summed E-state index contributed by atoms with van der Waals surface area (Å²) in [6.07, 6.45) is 6.39. The summed E-state index contributed by atoms with van der Waals surface area (Å²) in [5, 5.41) is 31.2. The predicted molar refractivity (Wildman–Crippen MR) is 210 cm³/mol. The van der Waals surface area contributed by atoms with Gasteiger partial charge in [-0.15, -0.1) is 6.42 Å². The molecule has 1 aliphatic heterocycles. The number of primary amides is 2. The summed E-state index contributed by atoms with van der Waals surface area (Å²) in [5.41, 5.74) is 19.2. The number of likely N-dealkylation sites (tertiary alicyclic amines) is 1. The van der Waals surface area contributed by atoms with Gasteiger partial charge in [0, 0.05) is 62.4 Å². The lowest BCUT2D eigenvalue weighted by Gasteiger charge is -2.11. The summed E-state index contributed by atoms with van der Waals surface area (Å²) in [4.78, 5) is 59.0. The van der Waals surface area contributed by atoms with Gasteiger partial charge >= 0.3 is 0 Å². The van der Waals surface area contributed by atoms with Crippen molar-refractivity contribution in [3.8, 4) is 52.8 Å². The molecule has 3 heterocycles. The Bertz CT molecular complexity index is 2270. The largest absolute Gasteiger partial charge is 0.383 e. The summed E-state index contributed by atoms with van der Waals surface area (Å²) in [6, 6.07) is 14.6. The van der Waals surface area contributed by atoms with Crippen molar-refractivity contribution in [2.45, 2.75) is 32.0 Å². The Morgan fingerprint density at radius 3 is 2.39 bits per heavy atom. The van der Waals surface area contributed by atoms with Gasteiger partial charge in [0.25, 0.3) is 17.7 Å². The van der Waals surface area contributed by atoms with Crippen molar-refractivity contribution in [1.82, 2.24) is 24.8 Å². The standard InChI is InChI=1S/C22H23N5O3.C13H9FN4O.C5H9NO2/c1-3-25-20-9-8-19(26-21(20)22(24)30)16-4-5-17(13-23)15(12-16)6-7-18(29)10-11-27(2)14-28;1-2-7-3-4-9(14)8(5-7)10-6-17-12(15)11(18-10)13(16)19;1-6-3-2-4(7)5(6)8/h4-5,8-9,12,14,18,25,29H,3,10-11H2,1-2H3,(H2,24,30);1,3-6H,(H2,15,17)(H2,16,19);4,7H,2-3H2,1H3/t18-;;4-/m0.0/s1. The summed E-state index contributed by atoms with van der Waals surface area (Å²) >= 11 is 0. The number of anilines is 2. The van der Waals surface area contributed by atoms with Crippen LogP contribution >= 0.6 is 0 Å². The molecule has 9 N–H and O–H groups in total. The van der Waals surface area contributed by atoms with E-state index in [1.165, 1.54) is 34.2 Å². The van der Waals surface area contributed by atoms with E-state index >= 15 is 0 Å². The number of carbonyl (C=O) groups is 4. The maximum atomic E-state index is 13.7. The summed E-state index contributed by atoms with van der Waals surface area (Å²) < 4.78 is 13.7. The number of carbonyl (C=O) groups excluding carboxylic acids is 4. The number of likely N-dealkylation sites (N-methyl/N-ethyl adjacent to an activating group) is 1. The topological polar surface area (TPSA) is 268 Å². The number of rotatable bonds is 10. The number of hydrogen-bond acceptors (Lipinski definition) is 12. The van der Waals surface area contributed by atoms with Gasteiger partial charge < -0.3 is 42.5 Å². The first-order valence-corrected chi connectivity index (χ1v) is 17.2. The molecule has 17 heteroatoms. The van der Waals surface area contributed by atoms with Gasteiger partial charge in [-0.05, 0) is 55.8 Å². The molecule has 16 nitrogen and oxygen atoms in total. The van der Waals surface area contributed by atoms with Gasteiger partial charge in [-0.25, -0.2) is 19.3 Å². The molecule has 0 saturated carbocycles. The molecule has 57 heavy (non-hydrogen) atoms. The van der Waals surface area contributed by atoms with Crippen LogP contribution in [0.15, 0.2) is 54.7 Å². The van der Waals surface area contributed by atoms with Crippen molar-refractivity contribution in [1.29, 1.82) is 5.26 Å². The highest BCUT2D eigenvalue weighted by molar-refractivity contribution is 5.97. The number of terminal acetylenes is 1. The molecule has 0 spiro atoms. The number of hydrogen-bond donors (Lipinski definition) is 6. The van der Waals surface area contributed by atoms with Gasteiger partial charge in [-0.2, -0.15) is 5.26 Å². The highest BCUT2D eigenvalue weighted by Gasteiger charge is 2.26. The second-order valence-corrected chi connectivity index (χ2v) is 12.3. The first kappa shape index (κ1) is 44.0. The zero-order valence-corrected chi connectivity index (χ0v) is 31.4. The van der Waals surface area contributed by atoms with E-state index in [1.807, 2.05) is 6.92 Å². The van der Waals surface area contributed by atoms with Crippen molar-refractivity contribution in [2.75, 3.05) is 44.8 Å². The molecule has 1 aliphatic rings. The smallest absolute Gasteiger partial charge is 0.271 e. The van der Waals surface area contributed by atoms with Crippen LogP contribution in [-0.2, 0) is 9.59 Å². The third kappa shape index (κ3) is 12.3. The molecule has 2 atom stereocenters. The van der Waals surface area contributed by atoms with Gasteiger partial charge in [-0.3, -0.25) is 19.2 Å². The van der Waals surface area contributed by atoms with Crippen molar-refractivity contribution in [3.63, 3.8) is 0 Å². The fourth-order valence-corrected chi connectivity index (χ4v) is 4.98. The Balaban J connectivity index is 0.000000271. The molecular weight excluding hydrogens is 736 g/mol. The van der Waals surface area contributed by atoms with Crippen molar-refractivity contribution in [2.24, 2.45) is 11.5 Å². The minimum atomic E-state index is -0.943. The molecule has 0 aliphatic carbocycles. The predicted octanol–water partition coefficient (Wildman–Crippen LogP) is 1.50. The van der Waals surface area contributed by atoms with Gasteiger partial charge in [0.1, 0.15) is 24.1 Å². The van der Waals surface area contributed by atoms with Crippen LogP contribution in [0.2, 0.25) is 0 Å². The number of benzene rings is 2. The molecule has 0 radical (unpaired) electrons. The number of aliphatic hydroxyl groups is 2. The third-order valence-electron chi connectivity index (χ3n) is 8.08. The second kappa shape index (κ2) is 20.9. The normalized spacial score (nSPS) is 13.2. The van der Waals surface area contributed by atoms with E-state index in [4.69, 9.17) is 28.7 Å². The zero-order valence-electron chi connectivity index (χ0n) is 31.4. The Labute approximate surface area is 328 Å². The Morgan fingerprint density at radius 1 is 1.12 bits per heavy atom. The molecule has 1 saturated heterocycles. The minimum absolute atomic E-state index is 0.107. The molecule has 4 amide bonds. The van der Waals surface area contributed by atoms with Crippen LogP contribution in [0, 0.1) is 41.3 Å². The Hall–Kier alpha value is -7.39. The van der Waals surface area contributed by atoms with Crippen molar-refractivity contribution >= 4 is 35.6 Å². The fraction of sp³-hybridized carbons (Fsp3) is 0.250. The molecule has 0 unspecified atom stereocenters. The molecular formula is C40H41FN10O6.